The number of esters is 1. The van der Waals surface area contributed by atoms with Crippen LogP contribution >= 0.6 is 15.9 Å². The zero-order valence-corrected chi connectivity index (χ0v) is 13.8. The molecule has 1 fully saturated rings. The van der Waals surface area contributed by atoms with Crippen LogP contribution in [0.4, 0.5) is 4.39 Å². The topological polar surface area (TPSA) is 89.7 Å². The Bertz CT molecular complexity index is 638. The molecule has 0 aliphatic carbocycles. The third kappa shape index (κ3) is 4.28. The molecule has 0 unspecified atom stereocenters. The number of amides is 2. The predicted octanol–water partition coefficient (Wildman–Crippen LogP) is 1.61. The van der Waals surface area contributed by atoms with E-state index in [0.29, 0.717) is 17.4 Å². The van der Waals surface area contributed by atoms with Crippen LogP contribution in [0.15, 0.2) is 22.7 Å². The van der Waals surface area contributed by atoms with Gasteiger partial charge in [0.25, 0.3) is 5.91 Å². The highest BCUT2D eigenvalue weighted by molar-refractivity contribution is 9.10. The van der Waals surface area contributed by atoms with E-state index in [1.807, 2.05) is 0 Å². The summed E-state index contributed by atoms with van der Waals surface area (Å²) in [5.74, 6) is -2.77. The molecule has 0 spiro atoms. The number of hydrogen-bond acceptors (Lipinski definition) is 4. The highest BCUT2D eigenvalue weighted by atomic mass is 79.9. The van der Waals surface area contributed by atoms with E-state index in [9.17, 15) is 18.8 Å². The Morgan fingerprint density at radius 1 is 1.35 bits per heavy atom. The van der Waals surface area contributed by atoms with E-state index in [0.717, 1.165) is 18.9 Å². The van der Waals surface area contributed by atoms with Gasteiger partial charge < -0.3 is 15.4 Å². The Kier molecular flexibility index (Phi) is 5.70. The number of carbonyl (C=O) groups is 3. The number of nitrogens with zero attached hydrogens (tertiary/aromatic N) is 1. The molecular weight excluding hydrogens is 371 g/mol. The molecule has 23 heavy (non-hydrogen) atoms. The summed E-state index contributed by atoms with van der Waals surface area (Å²) in [6.07, 6.45) is 2.05. The molecule has 1 aliphatic rings. The van der Waals surface area contributed by atoms with Crippen LogP contribution in [0.5, 0.6) is 0 Å². The number of rotatable bonds is 4. The highest BCUT2D eigenvalue weighted by Gasteiger charge is 2.31. The first-order valence-corrected chi connectivity index (χ1v) is 7.90. The lowest BCUT2D eigenvalue weighted by atomic mass is 10.0. The van der Waals surface area contributed by atoms with Gasteiger partial charge in [-0.3, -0.25) is 9.59 Å². The third-order valence-corrected chi connectivity index (χ3v) is 4.12. The number of ether oxygens (including phenoxy) is 1. The summed E-state index contributed by atoms with van der Waals surface area (Å²) >= 11 is 3.13. The molecular formula is C15H16BrFN2O4. The number of piperidine rings is 1. The largest absolute Gasteiger partial charge is 0.452 e. The van der Waals surface area contributed by atoms with Gasteiger partial charge in [-0.25, -0.2) is 9.18 Å². The van der Waals surface area contributed by atoms with Crippen LogP contribution in [-0.2, 0) is 14.3 Å². The standard InChI is InChI=1S/C15H16BrFN2O4/c16-9-4-5-11(17)10(7-9)15(22)23-8-13(20)19-6-2-1-3-12(19)14(18)21/h4-5,7,12H,1-3,6,8H2,(H2,18,21)/t12-/m0/s1. The maximum absolute atomic E-state index is 13.6. The first-order valence-electron chi connectivity index (χ1n) is 7.11. The van der Waals surface area contributed by atoms with Gasteiger partial charge >= 0.3 is 5.97 Å². The van der Waals surface area contributed by atoms with E-state index >= 15 is 0 Å². The van der Waals surface area contributed by atoms with Crippen molar-refractivity contribution in [2.45, 2.75) is 25.3 Å². The quantitative estimate of drug-likeness (QED) is 0.795. The summed E-state index contributed by atoms with van der Waals surface area (Å²) < 4.78 is 19.0. The summed E-state index contributed by atoms with van der Waals surface area (Å²) in [5, 5.41) is 0. The van der Waals surface area contributed by atoms with E-state index in [1.54, 1.807) is 0 Å². The third-order valence-electron chi connectivity index (χ3n) is 3.63. The van der Waals surface area contributed by atoms with Crippen LogP contribution in [-0.4, -0.2) is 41.9 Å². The van der Waals surface area contributed by atoms with E-state index in [-0.39, 0.29) is 5.56 Å². The molecule has 2 N–H and O–H groups in total. The molecule has 2 rings (SSSR count). The molecule has 8 heteroatoms. The minimum Gasteiger partial charge on any atom is -0.452 e. The Balaban J connectivity index is 1.99. The van der Waals surface area contributed by atoms with Crippen molar-refractivity contribution in [2.75, 3.05) is 13.2 Å². The molecule has 1 aliphatic heterocycles. The van der Waals surface area contributed by atoms with Crippen molar-refractivity contribution < 1.29 is 23.5 Å². The van der Waals surface area contributed by atoms with Gasteiger partial charge in [0.2, 0.25) is 5.91 Å². The zero-order valence-electron chi connectivity index (χ0n) is 12.3. The monoisotopic (exact) mass is 386 g/mol. The summed E-state index contributed by atoms with van der Waals surface area (Å²) in [6.45, 7) is -0.177. The lowest BCUT2D eigenvalue weighted by Crippen LogP contribution is -2.51. The van der Waals surface area contributed by atoms with Crippen LogP contribution in [0.1, 0.15) is 29.6 Å². The molecule has 1 saturated heterocycles. The molecule has 6 nitrogen and oxygen atoms in total. The van der Waals surface area contributed by atoms with Crippen molar-refractivity contribution in [3.05, 3.63) is 34.1 Å². The number of halogens is 2. The molecule has 0 aromatic heterocycles. The number of likely N-dealkylation sites (tertiary alicyclic amines) is 1. The molecule has 0 bridgehead atoms. The average Bonchev–Trinajstić information content (AvgIpc) is 2.54. The van der Waals surface area contributed by atoms with Gasteiger partial charge in [0.15, 0.2) is 6.61 Å². The van der Waals surface area contributed by atoms with Gasteiger partial charge in [0, 0.05) is 11.0 Å². The number of benzene rings is 1. The first kappa shape index (κ1) is 17.4. The summed E-state index contributed by atoms with van der Waals surface area (Å²) in [6, 6.07) is 3.16. The molecule has 2 amide bonds. The Morgan fingerprint density at radius 3 is 2.78 bits per heavy atom. The maximum Gasteiger partial charge on any atom is 0.341 e. The van der Waals surface area contributed by atoms with Gasteiger partial charge in [0.1, 0.15) is 11.9 Å². The van der Waals surface area contributed by atoms with Crippen molar-refractivity contribution in [1.29, 1.82) is 0 Å². The van der Waals surface area contributed by atoms with Crippen molar-refractivity contribution in [1.82, 2.24) is 4.90 Å². The summed E-state index contributed by atoms with van der Waals surface area (Å²) in [7, 11) is 0. The second kappa shape index (κ2) is 7.54. The van der Waals surface area contributed by atoms with Crippen molar-refractivity contribution in [3.63, 3.8) is 0 Å². The summed E-state index contributed by atoms with van der Waals surface area (Å²) in [4.78, 5) is 36.7. The van der Waals surface area contributed by atoms with Gasteiger partial charge in [-0.2, -0.15) is 0 Å². The lowest BCUT2D eigenvalue weighted by molar-refractivity contribution is -0.143. The Hall–Kier alpha value is -1.96. The summed E-state index contributed by atoms with van der Waals surface area (Å²) in [5.41, 5.74) is 5.02. The molecule has 1 aromatic rings. The van der Waals surface area contributed by atoms with Crippen LogP contribution < -0.4 is 5.73 Å². The van der Waals surface area contributed by atoms with E-state index in [2.05, 4.69) is 15.9 Å². The van der Waals surface area contributed by atoms with Gasteiger partial charge in [-0.1, -0.05) is 15.9 Å². The van der Waals surface area contributed by atoms with E-state index < -0.39 is 36.2 Å². The fourth-order valence-electron chi connectivity index (χ4n) is 2.47. The number of hydrogen-bond donors (Lipinski definition) is 1. The van der Waals surface area contributed by atoms with Crippen molar-refractivity contribution in [2.24, 2.45) is 5.73 Å². The van der Waals surface area contributed by atoms with Crippen molar-refractivity contribution >= 4 is 33.7 Å². The van der Waals surface area contributed by atoms with Crippen LogP contribution in [0.25, 0.3) is 0 Å². The van der Waals surface area contributed by atoms with Crippen LogP contribution in [0.2, 0.25) is 0 Å². The predicted molar refractivity (Wildman–Crippen MR) is 82.9 cm³/mol. The molecule has 0 saturated carbocycles. The SMILES string of the molecule is NC(=O)[C@@H]1CCCCN1C(=O)COC(=O)c1cc(Br)ccc1F. The van der Waals surface area contributed by atoms with Crippen molar-refractivity contribution in [3.8, 4) is 0 Å². The maximum atomic E-state index is 13.6. The second-order valence-corrected chi connectivity index (χ2v) is 6.12. The molecule has 124 valence electrons. The minimum absolute atomic E-state index is 0.266. The van der Waals surface area contributed by atoms with Crippen LogP contribution in [0.3, 0.4) is 0 Å². The smallest absolute Gasteiger partial charge is 0.341 e. The Labute approximate surface area is 140 Å². The lowest BCUT2D eigenvalue weighted by Gasteiger charge is -2.33. The van der Waals surface area contributed by atoms with E-state index in [1.165, 1.54) is 17.0 Å². The average molecular weight is 387 g/mol. The number of carbonyl (C=O) groups excluding carboxylic acids is 3. The Morgan fingerprint density at radius 2 is 2.09 bits per heavy atom. The molecule has 1 aromatic carbocycles. The fourth-order valence-corrected chi connectivity index (χ4v) is 2.83. The minimum atomic E-state index is -0.940. The van der Waals surface area contributed by atoms with Gasteiger partial charge in [0.05, 0.1) is 5.56 Å². The zero-order chi connectivity index (χ0) is 17.0. The number of nitrogens with two attached hydrogens (primary N) is 1. The fraction of sp³-hybridized carbons (Fsp3) is 0.400. The second-order valence-electron chi connectivity index (χ2n) is 5.20. The van der Waals surface area contributed by atoms with Gasteiger partial charge in [-0.05, 0) is 37.5 Å². The highest BCUT2D eigenvalue weighted by Crippen LogP contribution is 2.18. The van der Waals surface area contributed by atoms with Crippen LogP contribution in [0, 0.1) is 5.82 Å². The molecule has 1 heterocycles. The van der Waals surface area contributed by atoms with Gasteiger partial charge in [-0.15, -0.1) is 0 Å². The molecule has 1 atom stereocenters. The normalized spacial score (nSPS) is 17.7. The van der Waals surface area contributed by atoms with E-state index in [4.69, 9.17) is 10.5 Å². The molecule has 0 radical (unpaired) electrons. The number of primary amides is 1. The first-order chi connectivity index (χ1) is 10.9.